The second-order valence-electron chi connectivity index (χ2n) is 5.52. The molecule has 0 radical (unpaired) electrons. The summed E-state index contributed by atoms with van der Waals surface area (Å²) in [5.74, 6) is 1.56. The number of hydrogen-bond acceptors (Lipinski definition) is 6. The summed E-state index contributed by atoms with van der Waals surface area (Å²) in [7, 11) is 0. The van der Waals surface area contributed by atoms with Crippen LogP contribution >= 0.6 is 0 Å². The van der Waals surface area contributed by atoms with E-state index in [1.165, 1.54) is 6.07 Å². The molecule has 0 aliphatic heterocycles. The van der Waals surface area contributed by atoms with Crippen molar-refractivity contribution in [2.24, 2.45) is 0 Å². The Labute approximate surface area is 151 Å². The summed E-state index contributed by atoms with van der Waals surface area (Å²) in [4.78, 5) is 4.36. The first-order valence-electron chi connectivity index (χ1n) is 8.41. The van der Waals surface area contributed by atoms with Crippen LogP contribution in [0, 0.1) is 5.82 Å². The van der Waals surface area contributed by atoms with Gasteiger partial charge in [0, 0.05) is 12.2 Å². The highest BCUT2D eigenvalue weighted by molar-refractivity contribution is 5.57. The van der Waals surface area contributed by atoms with Gasteiger partial charge in [0.25, 0.3) is 0 Å². The van der Waals surface area contributed by atoms with Crippen LogP contribution in [-0.4, -0.2) is 28.3 Å². The van der Waals surface area contributed by atoms with Gasteiger partial charge in [-0.25, -0.2) is 4.39 Å². The van der Waals surface area contributed by atoms with Gasteiger partial charge < -0.3 is 15.4 Å². The van der Waals surface area contributed by atoms with Gasteiger partial charge in [0.05, 0.1) is 12.8 Å². The van der Waals surface area contributed by atoms with Crippen LogP contribution < -0.4 is 15.4 Å². The third-order valence-electron chi connectivity index (χ3n) is 3.63. The molecule has 0 unspecified atom stereocenters. The minimum Gasteiger partial charge on any atom is -0.494 e. The summed E-state index contributed by atoms with van der Waals surface area (Å²) in [5, 5.41) is 14.1. The number of ether oxygens (including phenoxy) is 1. The third kappa shape index (κ3) is 4.89. The number of halogens is 1. The normalized spacial score (nSPS) is 10.4. The maximum absolute atomic E-state index is 13.6. The van der Waals surface area contributed by atoms with E-state index in [-0.39, 0.29) is 5.82 Å². The van der Waals surface area contributed by atoms with E-state index in [2.05, 4.69) is 25.8 Å². The number of rotatable bonds is 8. The van der Waals surface area contributed by atoms with E-state index in [9.17, 15) is 4.39 Å². The van der Waals surface area contributed by atoms with Crippen LogP contribution in [0.2, 0.25) is 0 Å². The van der Waals surface area contributed by atoms with Gasteiger partial charge in [0.15, 0.2) is 5.82 Å². The van der Waals surface area contributed by atoms with Crippen molar-refractivity contribution in [1.29, 1.82) is 0 Å². The van der Waals surface area contributed by atoms with Crippen molar-refractivity contribution in [2.45, 2.75) is 13.3 Å². The Balaban J connectivity index is 1.56. The highest BCUT2D eigenvalue weighted by atomic mass is 19.1. The number of anilines is 3. The van der Waals surface area contributed by atoms with Crippen molar-refractivity contribution in [3.63, 3.8) is 0 Å². The number of hydrogen-bond donors (Lipinski definition) is 2. The van der Waals surface area contributed by atoms with Crippen LogP contribution in [0.15, 0.2) is 54.7 Å². The van der Waals surface area contributed by atoms with E-state index < -0.39 is 0 Å². The van der Waals surface area contributed by atoms with E-state index in [4.69, 9.17) is 4.74 Å². The highest BCUT2D eigenvalue weighted by Crippen LogP contribution is 2.19. The van der Waals surface area contributed by atoms with Gasteiger partial charge in [-0.2, -0.15) is 10.1 Å². The van der Waals surface area contributed by atoms with E-state index >= 15 is 0 Å². The van der Waals surface area contributed by atoms with Gasteiger partial charge >= 0.3 is 0 Å². The minimum absolute atomic E-state index is 0.209. The molecule has 0 saturated carbocycles. The van der Waals surface area contributed by atoms with Gasteiger partial charge in [-0.3, -0.25) is 0 Å². The molecule has 0 spiro atoms. The summed E-state index contributed by atoms with van der Waals surface area (Å²) >= 11 is 0. The fourth-order valence-corrected chi connectivity index (χ4v) is 2.40. The fraction of sp³-hybridized carbons (Fsp3) is 0.211. The molecule has 0 aliphatic carbocycles. The van der Waals surface area contributed by atoms with Gasteiger partial charge in [-0.05, 0) is 49.2 Å². The first-order chi connectivity index (χ1) is 12.7. The molecule has 0 aliphatic rings. The van der Waals surface area contributed by atoms with E-state index in [0.29, 0.717) is 36.9 Å². The van der Waals surface area contributed by atoms with Crippen molar-refractivity contribution in [1.82, 2.24) is 15.2 Å². The number of nitrogens with zero attached hydrogens (tertiary/aromatic N) is 3. The molecule has 0 amide bonds. The molecule has 0 saturated heterocycles. The maximum atomic E-state index is 13.6. The first-order valence-corrected chi connectivity index (χ1v) is 8.41. The largest absolute Gasteiger partial charge is 0.494 e. The summed E-state index contributed by atoms with van der Waals surface area (Å²) in [6, 6.07) is 14.3. The Kier molecular flexibility index (Phi) is 5.92. The van der Waals surface area contributed by atoms with Crippen LogP contribution in [0.25, 0.3) is 0 Å². The molecule has 2 aromatic carbocycles. The topological polar surface area (TPSA) is 72.0 Å². The van der Waals surface area contributed by atoms with E-state index in [0.717, 1.165) is 11.4 Å². The Morgan fingerprint density at radius 2 is 1.88 bits per heavy atom. The zero-order chi connectivity index (χ0) is 18.2. The predicted octanol–water partition coefficient (Wildman–Crippen LogP) is 3.81. The van der Waals surface area contributed by atoms with Crippen LogP contribution in [0.3, 0.4) is 0 Å². The van der Waals surface area contributed by atoms with Gasteiger partial charge in [-0.15, -0.1) is 5.10 Å². The quantitative estimate of drug-likeness (QED) is 0.642. The van der Waals surface area contributed by atoms with Crippen molar-refractivity contribution < 1.29 is 9.13 Å². The second kappa shape index (κ2) is 8.75. The standard InChI is InChI=1S/C19H20FN5O/c1-2-26-16-9-7-15(8-10-16)23-18-13-22-25-19(24-18)21-12-11-14-5-3-4-6-17(14)20/h3-10,13H,2,11-12H2,1H3,(H2,21,23,24,25). The van der Waals surface area contributed by atoms with Gasteiger partial charge in [-0.1, -0.05) is 18.2 Å². The molecule has 0 bridgehead atoms. The molecule has 134 valence electrons. The van der Waals surface area contributed by atoms with Gasteiger partial charge in [0.2, 0.25) is 5.95 Å². The number of benzene rings is 2. The summed E-state index contributed by atoms with van der Waals surface area (Å²) in [6.07, 6.45) is 2.07. The summed E-state index contributed by atoms with van der Waals surface area (Å²) in [5.41, 5.74) is 1.52. The molecule has 1 aromatic heterocycles. The van der Waals surface area contributed by atoms with Crippen LogP contribution in [-0.2, 0) is 6.42 Å². The monoisotopic (exact) mass is 353 g/mol. The lowest BCUT2D eigenvalue weighted by Gasteiger charge is -2.09. The molecule has 6 nitrogen and oxygen atoms in total. The number of aromatic nitrogens is 3. The van der Waals surface area contributed by atoms with Crippen molar-refractivity contribution >= 4 is 17.5 Å². The van der Waals surface area contributed by atoms with Gasteiger partial charge in [0.1, 0.15) is 11.6 Å². The lowest BCUT2D eigenvalue weighted by atomic mass is 10.1. The average molecular weight is 353 g/mol. The first kappa shape index (κ1) is 17.6. The smallest absolute Gasteiger partial charge is 0.244 e. The maximum Gasteiger partial charge on any atom is 0.244 e. The lowest BCUT2D eigenvalue weighted by molar-refractivity contribution is 0.340. The molecular weight excluding hydrogens is 333 g/mol. The predicted molar refractivity (Wildman–Crippen MR) is 99.3 cm³/mol. The highest BCUT2D eigenvalue weighted by Gasteiger charge is 2.04. The minimum atomic E-state index is -0.209. The van der Waals surface area contributed by atoms with Crippen LogP contribution in [0.1, 0.15) is 12.5 Å². The molecule has 7 heteroatoms. The Hall–Kier alpha value is -3.22. The summed E-state index contributed by atoms with van der Waals surface area (Å²) in [6.45, 7) is 3.08. The zero-order valence-electron chi connectivity index (χ0n) is 14.4. The molecule has 3 rings (SSSR count). The van der Waals surface area contributed by atoms with E-state index in [1.807, 2.05) is 37.3 Å². The van der Waals surface area contributed by atoms with Crippen molar-refractivity contribution in [3.05, 3.63) is 66.1 Å². The molecule has 26 heavy (non-hydrogen) atoms. The average Bonchev–Trinajstić information content (AvgIpc) is 2.66. The van der Waals surface area contributed by atoms with E-state index in [1.54, 1.807) is 18.3 Å². The lowest BCUT2D eigenvalue weighted by Crippen LogP contribution is -2.10. The SMILES string of the molecule is CCOc1ccc(Nc2cnnc(NCCc3ccccc3F)n2)cc1. The summed E-state index contributed by atoms with van der Waals surface area (Å²) < 4.78 is 19.0. The molecule has 0 atom stereocenters. The molecule has 1 heterocycles. The Morgan fingerprint density at radius 1 is 1.08 bits per heavy atom. The fourth-order valence-electron chi connectivity index (χ4n) is 2.40. The van der Waals surface area contributed by atoms with Crippen molar-refractivity contribution in [2.75, 3.05) is 23.8 Å². The third-order valence-corrected chi connectivity index (χ3v) is 3.63. The van der Waals surface area contributed by atoms with Crippen LogP contribution in [0.4, 0.5) is 21.8 Å². The zero-order valence-corrected chi connectivity index (χ0v) is 14.4. The number of nitrogens with one attached hydrogen (secondary N) is 2. The molecule has 2 N–H and O–H groups in total. The Morgan fingerprint density at radius 3 is 2.65 bits per heavy atom. The molecule has 0 fully saturated rings. The molecule has 3 aromatic rings. The second-order valence-corrected chi connectivity index (χ2v) is 5.52. The van der Waals surface area contributed by atoms with Crippen LogP contribution in [0.5, 0.6) is 5.75 Å². The molecular formula is C19H20FN5O. The van der Waals surface area contributed by atoms with Crippen molar-refractivity contribution in [3.8, 4) is 5.75 Å². The Bertz CT molecular complexity index is 841.